The number of hydrogen-bond acceptors (Lipinski definition) is 5. The first kappa shape index (κ1) is 22.0. The largest absolute Gasteiger partial charge is 0.354 e. The van der Waals surface area contributed by atoms with E-state index < -0.39 is 0 Å². The second kappa shape index (κ2) is 9.97. The average molecular weight is 436 g/mol. The van der Waals surface area contributed by atoms with Crippen molar-refractivity contribution in [2.45, 2.75) is 46.0 Å². The van der Waals surface area contributed by atoms with E-state index in [0.717, 1.165) is 67.3 Å². The zero-order chi connectivity index (χ0) is 22.5. The molecule has 2 aromatic heterocycles. The second-order valence-electron chi connectivity index (χ2n) is 8.40. The van der Waals surface area contributed by atoms with Gasteiger partial charge in [-0.05, 0) is 31.4 Å². The van der Waals surface area contributed by atoms with Crippen molar-refractivity contribution >= 4 is 22.9 Å². The van der Waals surface area contributed by atoms with Gasteiger partial charge in [-0.15, -0.1) is 0 Å². The smallest absolute Gasteiger partial charge is 0.317 e. The van der Waals surface area contributed by atoms with Crippen LogP contribution in [0.4, 0.5) is 10.6 Å². The van der Waals surface area contributed by atoms with E-state index in [1.165, 1.54) is 0 Å². The molecule has 0 aliphatic carbocycles. The molecule has 0 unspecified atom stereocenters. The Morgan fingerprint density at radius 1 is 1.09 bits per heavy atom. The minimum atomic E-state index is 0.0266. The highest BCUT2D eigenvalue weighted by Gasteiger charge is 2.24. The number of carbonyl (C=O) groups is 1. The van der Waals surface area contributed by atoms with Gasteiger partial charge in [0, 0.05) is 38.6 Å². The first-order valence-corrected chi connectivity index (χ1v) is 11.7. The predicted octanol–water partition coefficient (Wildman–Crippen LogP) is 3.96. The summed E-state index contributed by atoms with van der Waals surface area (Å²) < 4.78 is 1.90. The van der Waals surface area contributed by atoms with Gasteiger partial charge in [-0.25, -0.2) is 19.4 Å². The topological polar surface area (TPSA) is 79.2 Å². The van der Waals surface area contributed by atoms with Crippen LogP contribution in [0.1, 0.15) is 51.8 Å². The normalized spacial score (nSPS) is 15.6. The van der Waals surface area contributed by atoms with Gasteiger partial charge in [-0.2, -0.15) is 5.10 Å². The molecule has 3 aromatic rings. The number of anilines is 1. The molecule has 1 aromatic carbocycles. The molecule has 1 atom stereocenters. The Morgan fingerprint density at radius 2 is 1.91 bits per heavy atom. The lowest BCUT2D eigenvalue weighted by molar-refractivity contribution is 0.201. The molecule has 4 rings (SSSR count). The summed E-state index contributed by atoms with van der Waals surface area (Å²) >= 11 is 0. The van der Waals surface area contributed by atoms with Crippen molar-refractivity contribution in [3.8, 4) is 5.69 Å². The first-order valence-electron chi connectivity index (χ1n) is 11.7. The van der Waals surface area contributed by atoms with Crippen molar-refractivity contribution in [3.63, 3.8) is 0 Å². The van der Waals surface area contributed by atoms with E-state index in [0.29, 0.717) is 13.1 Å². The Labute approximate surface area is 189 Å². The number of aromatic nitrogens is 4. The molecule has 3 heterocycles. The maximum absolute atomic E-state index is 12.5. The van der Waals surface area contributed by atoms with Gasteiger partial charge < -0.3 is 15.1 Å². The monoisotopic (exact) mass is 435 g/mol. The van der Waals surface area contributed by atoms with Gasteiger partial charge in [-0.1, -0.05) is 39.0 Å². The van der Waals surface area contributed by atoms with E-state index in [1.807, 2.05) is 46.1 Å². The average Bonchev–Trinajstić information content (AvgIpc) is 3.11. The van der Waals surface area contributed by atoms with Crippen LogP contribution in [0.5, 0.6) is 0 Å². The SMILES string of the molecule is CCCNC(=O)N1CCCN(c2nc([C@@H](C)CC)nc3c2cnn3-c2ccccc2)CC1. The highest BCUT2D eigenvalue weighted by atomic mass is 16.2. The molecule has 1 fully saturated rings. The summed E-state index contributed by atoms with van der Waals surface area (Å²) in [5.74, 6) is 2.01. The van der Waals surface area contributed by atoms with Crippen LogP contribution in [0.15, 0.2) is 36.5 Å². The lowest BCUT2D eigenvalue weighted by atomic mass is 10.1. The summed E-state index contributed by atoms with van der Waals surface area (Å²) in [6.07, 6.45) is 4.68. The van der Waals surface area contributed by atoms with Gasteiger partial charge in [0.05, 0.1) is 17.3 Å². The molecule has 2 amide bonds. The maximum atomic E-state index is 12.5. The molecule has 1 aliphatic rings. The fourth-order valence-corrected chi connectivity index (χ4v) is 3.99. The zero-order valence-corrected chi connectivity index (χ0v) is 19.3. The molecule has 8 nitrogen and oxygen atoms in total. The lowest BCUT2D eigenvalue weighted by Gasteiger charge is -2.24. The van der Waals surface area contributed by atoms with Gasteiger partial charge in [-0.3, -0.25) is 0 Å². The van der Waals surface area contributed by atoms with Crippen LogP contribution in [0.25, 0.3) is 16.7 Å². The van der Waals surface area contributed by atoms with E-state index >= 15 is 0 Å². The zero-order valence-electron chi connectivity index (χ0n) is 19.3. The van der Waals surface area contributed by atoms with Crippen molar-refractivity contribution in [2.24, 2.45) is 0 Å². The van der Waals surface area contributed by atoms with Gasteiger partial charge >= 0.3 is 6.03 Å². The molecule has 0 radical (unpaired) electrons. The Hall–Kier alpha value is -3.16. The molecule has 32 heavy (non-hydrogen) atoms. The molecule has 0 bridgehead atoms. The number of nitrogens with one attached hydrogen (secondary N) is 1. The van der Waals surface area contributed by atoms with Crippen LogP contribution < -0.4 is 10.2 Å². The number of para-hydroxylation sites is 1. The van der Waals surface area contributed by atoms with Crippen molar-refractivity contribution in [1.29, 1.82) is 0 Å². The van der Waals surface area contributed by atoms with Gasteiger partial charge in [0.2, 0.25) is 0 Å². The molecule has 1 aliphatic heterocycles. The standard InChI is InChI=1S/C24H33N7O/c1-4-12-25-24(32)30-14-9-13-29(15-16-30)22-20-17-26-31(19-10-7-6-8-11-19)23(20)28-21(27-22)18(3)5-2/h6-8,10-11,17-18H,4-5,9,12-16H2,1-3H3,(H,25,32)/t18-/m0/s1. The summed E-state index contributed by atoms with van der Waals surface area (Å²) in [6.45, 7) is 10.1. The Morgan fingerprint density at radius 3 is 2.66 bits per heavy atom. The van der Waals surface area contributed by atoms with Crippen LogP contribution in [0.2, 0.25) is 0 Å². The van der Waals surface area contributed by atoms with Crippen molar-refractivity contribution < 1.29 is 4.79 Å². The lowest BCUT2D eigenvalue weighted by Crippen LogP contribution is -2.42. The number of amides is 2. The van der Waals surface area contributed by atoms with Crippen LogP contribution in [0, 0.1) is 0 Å². The Balaban J connectivity index is 1.68. The van der Waals surface area contributed by atoms with E-state index in [-0.39, 0.29) is 11.9 Å². The van der Waals surface area contributed by atoms with Gasteiger partial charge in [0.15, 0.2) is 5.65 Å². The van der Waals surface area contributed by atoms with Crippen molar-refractivity contribution in [1.82, 2.24) is 30.0 Å². The number of carbonyl (C=O) groups excluding carboxylic acids is 1. The number of hydrogen-bond donors (Lipinski definition) is 1. The van der Waals surface area contributed by atoms with E-state index in [1.54, 1.807) is 0 Å². The number of rotatable bonds is 6. The second-order valence-corrected chi connectivity index (χ2v) is 8.40. The van der Waals surface area contributed by atoms with Crippen LogP contribution >= 0.6 is 0 Å². The summed E-state index contributed by atoms with van der Waals surface area (Å²) in [4.78, 5) is 26.6. The van der Waals surface area contributed by atoms with E-state index in [2.05, 4.69) is 36.1 Å². The summed E-state index contributed by atoms with van der Waals surface area (Å²) in [5.41, 5.74) is 1.81. The summed E-state index contributed by atoms with van der Waals surface area (Å²) in [7, 11) is 0. The van der Waals surface area contributed by atoms with Gasteiger partial charge in [0.1, 0.15) is 11.6 Å². The summed E-state index contributed by atoms with van der Waals surface area (Å²) in [6, 6.07) is 10.1. The van der Waals surface area contributed by atoms with E-state index in [4.69, 9.17) is 9.97 Å². The molecule has 0 saturated carbocycles. The molecule has 170 valence electrons. The quantitative estimate of drug-likeness (QED) is 0.634. The number of nitrogens with zero attached hydrogens (tertiary/aromatic N) is 6. The minimum absolute atomic E-state index is 0.0266. The van der Waals surface area contributed by atoms with E-state index in [9.17, 15) is 4.79 Å². The van der Waals surface area contributed by atoms with Crippen LogP contribution in [-0.2, 0) is 0 Å². The first-order chi connectivity index (χ1) is 15.6. The Kier molecular flexibility index (Phi) is 6.87. The van der Waals surface area contributed by atoms with Crippen molar-refractivity contribution in [3.05, 3.63) is 42.4 Å². The number of urea groups is 1. The van der Waals surface area contributed by atoms with Crippen LogP contribution in [-0.4, -0.2) is 63.4 Å². The number of fused-ring (bicyclic) bond motifs is 1. The fourth-order valence-electron chi connectivity index (χ4n) is 3.99. The number of benzene rings is 1. The molecule has 1 saturated heterocycles. The highest BCUT2D eigenvalue weighted by molar-refractivity contribution is 5.88. The highest BCUT2D eigenvalue weighted by Crippen LogP contribution is 2.29. The summed E-state index contributed by atoms with van der Waals surface area (Å²) in [5, 5.41) is 8.61. The predicted molar refractivity (Wildman–Crippen MR) is 127 cm³/mol. The third kappa shape index (κ3) is 4.54. The molecule has 0 spiro atoms. The maximum Gasteiger partial charge on any atom is 0.317 e. The Bertz CT molecular complexity index is 1050. The third-order valence-corrected chi connectivity index (χ3v) is 6.09. The third-order valence-electron chi connectivity index (χ3n) is 6.09. The fraction of sp³-hybridized carbons (Fsp3) is 0.500. The molecular weight excluding hydrogens is 402 g/mol. The van der Waals surface area contributed by atoms with Crippen LogP contribution in [0.3, 0.4) is 0 Å². The van der Waals surface area contributed by atoms with Gasteiger partial charge in [0.25, 0.3) is 0 Å². The minimum Gasteiger partial charge on any atom is -0.354 e. The van der Waals surface area contributed by atoms with Crippen molar-refractivity contribution in [2.75, 3.05) is 37.6 Å². The molecule has 1 N–H and O–H groups in total. The molecule has 8 heteroatoms. The molecular formula is C24H33N7O.